The highest BCUT2D eigenvalue weighted by molar-refractivity contribution is 7.91. The van der Waals surface area contributed by atoms with Gasteiger partial charge in [-0.25, -0.2) is 8.42 Å². The van der Waals surface area contributed by atoms with Crippen molar-refractivity contribution in [3.63, 3.8) is 0 Å². The van der Waals surface area contributed by atoms with Crippen molar-refractivity contribution in [1.29, 1.82) is 0 Å². The van der Waals surface area contributed by atoms with E-state index < -0.39 is 21.7 Å². The lowest BCUT2D eigenvalue weighted by Crippen LogP contribution is -2.25. The van der Waals surface area contributed by atoms with Gasteiger partial charge in [0, 0.05) is 0 Å². The second kappa shape index (κ2) is 7.65. The standard InChI is InChI=1S/C11H22O4S/c1-4-6-7-8-16(13,14)9-10(3)11(12)15-5-2/h10H,4-9H2,1-3H3. The highest BCUT2D eigenvalue weighted by Gasteiger charge is 2.21. The molecule has 0 saturated heterocycles. The van der Waals surface area contributed by atoms with Crippen LogP contribution < -0.4 is 0 Å². The summed E-state index contributed by atoms with van der Waals surface area (Å²) in [6.45, 7) is 5.61. The Bertz CT molecular complexity index is 295. The van der Waals surface area contributed by atoms with Gasteiger partial charge in [0.1, 0.15) is 0 Å². The fourth-order valence-electron chi connectivity index (χ4n) is 1.39. The molecule has 0 N–H and O–H groups in total. The maximum absolute atomic E-state index is 11.6. The Morgan fingerprint density at radius 3 is 2.38 bits per heavy atom. The summed E-state index contributed by atoms with van der Waals surface area (Å²) in [5.74, 6) is -0.923. The smallest absolute Gasteiger partial charge is 0.309 e. The van der Waals surface area contributed by atoms with Gasteiger partial charge in [-0.2, -0.15) is 0 Å². The highest BCUT2D eigenvalue weighted by atomic mass is 32.2. The summed E-state index contributed by atoms with van der Waals surface area (Å²) in [6.07, 6.45) is 2.57. The minimum atomic E-state index is -3.12. The van der Waals surface area contributed by atoms with Crippen LogP contribution in [-0.2, 0) is 19.4 Å². The van der Waals surface area contributed by atoms with Crippen molar-refractivity contribution in [1.82, 2.24) is 0 Å². The number of carbonyl (C=O) groups excluding carboxylic acids is 1. The van der Waals surface area contributed by atoms with Gasteiger partial charge >= 0.3 is 5.97 Å². The van der Waals surface area contributed by atoms with Crippen molar-refractivity contribution in [3.8, 4) is 0 Å². The van der Waals surface area contributed by atoms with Crippen LogP contribution in [0.1, 0.15) is 40.0 Å². The van der Waals surface area contributed by atoms with E-state index in [0.29, 0.717) is 13.0 Å². The van der Waals surface area contributed by atoms with Crippen molar-refractivity contribution in [2.75, 3.05) is 18.1 Å². The van der Waals surface area contributed by atoms with Crippen LogP contribution >= 0.6 is 0 Å². The second-order valence-corrected chi connectivity index (χ2v) is 6.20. The Morgan fingerprint density at radius 1 is 1.25 bits per heavy atom. The minimum Gasteiger partial charge on any atom is -0.466 e. The molecule has 1 unspecified atom stereocenters. The Labute approximate surface area is 98.3 Å². The van der Waals surface area contributed by atoms with Crippen molar-refractivity contribution < 1.29 is 17.9 Å². The maximum Gasteiger partial charge on any atom is 0.309 e. The summed E-state index contributed by atoms with van der Waals surface area (Å²) in [5.41, 5.74) is 0. The van der Waals surface area contributed by atoms with E-state index >= 15 is 0 Å². The lowest BCUT2D eigenvalue weighted by Gasteiger charge is -2.10. The Morgan fingerprint density at radius 2 is 1.88 bits per heavy atom. The summed E-state index contributed by atoms with van der Waals surface area (Å²) in [5, 5.41) is 0. The van der Waals surface area contributed by atoms with Crippen LogP contribution in [0.5, 0.6) is 0 Å². The van der Waals surface area contributed by atoms with Crippen LogP contribution in [0.25, 0.3) is 0 Å². The number of ether oxygens (including phenoxy) is 1. The van der Waals surface area contributed by atoms with Crippen LogP contribution in [0, 0.1) is 5.92 Å². The Kier molecular flexibility index (Phi) is 7.38. The first-order valence-electron chi connectivity index (χ1n) is 5.80. The number of carbonyl (C=O) groups is 1. The van der Waals surface area contributed by atoms with Gasteiger partial charge < -0.3 is 4.74 Å². The van der Waals surface area contributed by atoms with Gasteiger partial charge in [0.05, 0.1) is 24.0 Å². The molecular weight excluding hydrogens is 228 g/mol. The largest absolute Gasteiger partial charge is 0.466 e. The molecule has 0 spiro atoms. The molecule has 0 aliphatic heterocycles. The van der Waals surface area contributed by atoms with Gasteiger partial charge in [-0.3, -0.25) is 4.79 Å². The van der Waals surface area contributed by atoms with Gasteiger partial charge in [-0.05, 0) is 13.3 Å². The monoisotopic (exact) mass is 250 g/mol. The predicted octanol–water partition coefficient (Wildman–Crippen LogP) is 1.79. The lowest BCUT2D eigenvalue weighted by atomic mass is 10.2. The van der Waals surface area contributed by atoms with E-state index in [9.17, 15) is 13.2 Å². The molecule has 0 saturated carbocycles. The molecule has 0 bridgehead atoms. The molecule has 0 aromatic heterocycles. The lowest BCUT2D eigenvalue weighted by molar-refractivity contribution is -0.146. The zero-order valence-electron chi connectivity index (χ0n) is 10.4. The van der Waals surface area contributed by atoms with Gasteiger partial charge in [0.2, 0.25) is 0 Å². The van der Waals surface area contributed by atoms with E-state index in [1.807, 2.05) is 6.92 Å². The normalized spacial score (nSPS) is 13.4. The molecule has 1 atom stereocenters. The van der Waals surface area contributed by atoms with Gasteiger partial charge in [-0.1, -0.05) is 26.7 Å². The molecule has 5 heteroatoms. The molecule has 0 radical (unpaired) electrons. The molecule has 96 valence electrons. The van der Waals surface area contributed by atoms with E-state index in [2.05, 4.69) is 0 Å². The summed E-state index contributed by atoms with van der Waals surface area (Å²) < 4.78 is 28.0. The van der Waals surface area contributed by atoms with E-state index in [4.69, 9.17) is 4.74 Å². The molecule has 0 aliphatic carbocycles. The number of esters is 1. The van der Waals surface area contributed by atoms with Crippen LogP contribution in [0.15, 0.2) is 0 Å². The van der Waals surface area contributed by atoms with Crippen molar-refractivity contribution in [2.45, 2.75) is 40.0 Å². The van der Waals surface area contributed by atoms with E-state index in [-0.39, 0.29) is 11.5 Å². The molecule has 0 aromatic carbocycles. The zero-order valence-corrected chi connectivity index (χ0v) is 11.2. The highest BCUT2D eigenvalue weighted by Crippen LogP contribution is 2.07. The van der Waals surface area contributed by atoms with Gasteiger partial charge in [0.25, 0.3) is 0 Å². The topological polar surface area (TPSA) is 60.4 Å². The fourth-order valence-corrected chi connectivity index (χ4v) is 3.10. The number of unbranched alkanes of at least 4 members (excludes halogenated alkanes) is 2. The van der Waals surface area contributed by atoms with Crippen LogP contribution in [0.2, 0.25) is 0 Å². The quantitative estimate of drug-likeness (QED) is 0.487. The molecule has 0 rings (SSSR count). The van der Waals surface area contributed by atoms with E-state index in [1.165, 1.54) is 0 Å². The molecule has 0 aliphatic rings. The molecule has 0 fully saturated rings. The van der Waals surface area contributed by atoms with Crippen molar-refractivity contribution >= 4 is 15.8 Å². The average Bonchev–Trinajstić information content (AvgIpc) is 2.17. The third kappa shape index (κ3) is 6.82. The summed E-state index contributed by atoms with van der Waals surface area (Å²) in [6, 6.07) is 0. The first-order chi connectivity index (χ1) is 7.43. The van der Waals surface area contributed by atoms with E-state index in [1.54, 1.807) is 13.8 Å². The van der Waals surface area contributed by atoms with Crippen LogP contribution in [0.3, 0.4) is 0 Å². The van der Waals surface area contributed by atoms with Gasteiger partial charge in [0.15, 0.2) is 9.84 Å². The fraction of sp³-hybridized carbons (Fsp3) is 0.909. The third-order valence-electron chi connectivity index (χ3n) is 2.25. The molecular formula is C11H22O4S. The molecule has 16 heavy (non-hydrogen) atoms. The SMILES string of the molecule is CCCCCS(=O)(=O)CC(C)C(=O)OCC. The van der Waals surface area contributed by atoms with E-state index in [0.717, 1.165) is 12.8 Å². The molecule has 0 heterocycles. The van der Waals surface area contributed by atoms with Crippen molar-refractivity contribution in [3.05, 3.63) is 0 Å². The van der Waals surface area contributed by atoms with Gasteiger partial charge in [-0.15, -0.1) is 0 Å². The second-order valence-electron chi connectivity index (χ2n) is 3.97. The third-order valence-corrected chi connectivity index (χ3v) is 4.17. The maximum atomic E-state index is 11.6. The number of hydrogen-bond donors (Lipinski definition) is 0. The average molecular weight is 250 g/mol. The summed E-state index contributed by atoms with van der Waals surface area (Å²) in [7, 11) is -3.12. The zero-order chi connectivity index (χ0) is 12.6. The molecule has 0 aromatic rings. The van der Waals surface area contributed by atoms with Crippen LogP contribution in [0.4, 0.5) is 0 Å². The number of hydrogen-bond acceptors (Lipinski definition) is 4. The van der Waals surface area contributed by atoms with Crippen molar-refractivity contribution in [2.24, 2.45) is 5.92 Å². The number of rotatable bonds is 8. The minimum absolute atomic E-state index is 0.102. The summed E-state index contributed by atoms with van der Waals surface area (Å²) in [4.78, 5) is 11.3. The Hall–Kier alpha value is -0.580. The first kappa shape index (κ1) is 15.4. The van der Waals surface area contributed by atoms with Crippen LogP contribution in [-0.4, -0.2) is 32.5 Å². The number of sulfone groups is 1. The summed E-state index contributed by atoms with van der Waals surface area (Å²) >= 11 is 0. The predicted molar refractivity (Wildman–Crippen MR) is 64.0 cm³/mol. The molecule has 4 nitrogen and oxygen atoms in total. The first-order valence-corrected chi connectivity index (χ1v) is 7.62. The Balaban J connectivity index is 4.09. The molecule has 0 amide bonds.